The highest BCUT2D eigenvalue weighted by molar-refractivity contribution is 9.09. The second-order valence-corrected chi connectivity index (χ2v) is 4.97. The maximum atomic E-state index is 11.3. The summed E-state index contributed by atoms with van der Waals surface area (Å²) in [4.78, 5) is 11.6. The SMILES string of the molecule is CC(Br)C(C)c1ccc2n[nH]c(=O)n2n1. The van der Waals surface area contributed by atoms with Gasteiger partial charge in [-0.05, 0) is 12.1 Å². The Labute approximate surface area is 94.6 Å². The van der Waals surface area contributed by atoms with Gasteiger partial charge in [-0.25, -0.2) is 9.89 Å². The predicted molar refractivity (Wildman–Crippen MR) is 60.4 cm³/mol. The fourth-order valence-corrected chi connectivity index (χ4v) is 1.57. The van der Waals surface area contributed by atoms with E-state index in [1.54, 1.807) is 6.07 Å². The van der Waals surface area contributed by atoms with Crippen molar-refractivity contribution in [3.05, 3.63) is 28.3 Å². The average Bonchev–Trinajstić information content (AvgIpc) is 2.59. The average molecular weight is 271 g/mol. The number of nitrogens with one attached hydrogen (secondary N) is 1. The first-order valence-electron chi connectivity index (χ1n) is 4.68. The smallest absolute Gasteiger partial charge is 0.244 e. The lowest BCUT2D eigenvalue weighted by atomic mass is 10.1. The molecular formula is C9H11BrN4O. The van der Waals surface area contributed by atoms with Crippen molar-refractivity contribution in [2.24, 2.45) is 0 Å². The second-order valence-electron chi connectivity index (χ2n) is 3.52. The summed E-state index contributed by atoms with van der Waals surface area (Å²) in [6.45, 7) is 4.10. The van der Waals surface area contributed by atoms with Crippen LogP contribution in [-0.4, -0.2) is 24.6 Å². The Hall–Kier alpha value is -1.17. The molecule has 0 amide bonds. The highest BCUT2D eigenvalue weighted by Gasteiger charge is 2.14. The minimum atomic E-state index is -0.304. The Morgan fingerprint density at radius 1 is 1.47 bits per heavy atom. The van der Waals surface area contributed by atoms with E-state index >= 15 is 0 Å². The summed E-state index contributed by atoms with van der Waals surface area (Å²) in [5.41, 5.74) is 1.11. The lowest BCUT2D eigenvalue weighted by Gasteiger charge is -2.12. The van der Waals surface area contributed by atoms with Gasteiger partial charge in [0.05, 0.1) is 5.69 Å². The molecule has 0 aromatic carbocycles. The lowest BCUT2D eigenvalue weighted by molar-refractivity contribution is 0.695. The molecule has 2 unspecified atom stereocenters. The van der Waals surface area contributed by atoms with Gasteiger partial charge in [0, 0.05) is 10.7 Å². The third kappa shape index (κ3) is 1.81. The molecule has 1 N–H and O–H groups in total. The van der Waals surface area contributed by atoms with Gasteiger partial charge < -0.3 is 0 Å². The van der Waals surface area contributed by atoms with Crippen LogP contribution in [0.5, 0.6) is 0 Å². The number of H-pyrrole nitrogens is 1. The molecule has 15 heavy (non-hydrogen) atoms. The monoisotopic (exact) mass is 270 g/mol. The number of hydrogen-bond donors (Lipinski definition) is 1. The molecule has 2 heterocycles. The van der Waals surface area contributed by atoms with E-state index in [1.165, 1.54) is 4.52 Å². The van der Waals surface area contributed by atoms with Gasteiger partial charge in [-0.15, -0.1) is 0 Å². The molecule has 0 aliphatic rings. The number of aromatic amines is 1. The van der Waals surface area contributed by atoms with Crippen molar-refractivity contribution in [3.63, 3.8) is 0 Å². The Morgan fingerprint density at radius 2 is 2.20 bits per heavy atom. The molecule has 0 radical (unpaired) electrons. The van der Waals surface area contributed by atoms with E-state index in [9.17, 15) is 4.79 Å². The van der Waals surface area contributed by atoms with Crippen LogP contribution in [0.1, 0.15) is 25.5 Å². The molecule has 2 aromatic heterocycles. The van der Waals surface area contributed by atoms with Gasteiger partial charge in [0.25, 0.3) is 0 Å². The van der Waals surface area contributed by atoms with Crippen LogP contribution < -0.4 is 5.69 Å². The van der Waals surface area contributed by atoms with Crippen molar-refractivity contribution in [2.45, 2.75) is 24.6 Å². The molecule has 80 valence electrons. The summed E-state index contributed by atoms with van der Waals surface area (Å²) in [5, 5.41) is 10.4. The lowest BCUT2D eigenvalue weighted by Crippen LogP contribution is -2.16. The predicted octanol–water partition coefficient (Wildman–Crippen LogP) is 1.30. The van der Waals surface area contributed by atoms with Gasteiger partial charge in [0.1, 0.15) is 0 Å². The molecule has 0 bridgehead atoms. The number of aromatic nitrogens is 4. The highest BCUT2D eigenvalue weighted by atomic mass is 79.9. The molecule has 5 nitrogen and oxygen atoms in total. The van der Waals surface area contributed by atoms with E-state index in [0.29, 0.717) is 10.5 Å². The number of alkyl halides is 1. The molecule has 0 saturated carbocycles. The molecule has 2 rings (SSSR count). The Bertz CT molecular complexity index is 530. The van der Waals surface area contributed by atoms with Crippen LogP contribution in [0, 0.1) is 0 Å². The third-order valence-corrected chi connectivity index (χ3v) is 3.24. The summed E-state index contributed by atoms with van der Waals surface area (Å²) < 4.78 is 1.28. The Morgan fingerprint density at radius 3 is 2.87 bits per heavy atom. The van der Waals surface area contributed by atoms with E-state index in [4.69, 9.17) is 0 Å². The molecule has 0 aliphatic carbocycles. The van der Waals surface area contributed by atoms with Crippen LogP contribution in [0.25, 0.3) is 5.65 Å². The second kappa shape index (κ2) is 3.77. The van der Waals surface area contributed by atoms with Crippen LogP contribution in [0.2, 0.25) is 0 Å². The first-order chi connectivity index (χ1) is 7.09. The van der Waals surface area contributed by atoms with Crippen molar-refractivity contribution >= 4 is 21.6 Å². The van der Waals surface area contributed by atoms with Crippen molar-refractivity contribution in [2.75, 3.05) is 0 Å². The van der Waals surface area contributed by atoms with Crippen LogP contribution in [0.15, 0.2) is 16.9 Å². The number of nitrogens with zero attached hydrogens (tertiary/aromatic N) is 3. The van der Waals surface area contributed by atoms with Gasteiger partial charge in [-0.3, -0.25) is 0 Å². The van der Waals surface area contributed by atoms with Gasteiger partial charge in [-0.1, -0.05) is 29.8 Å². The summed E-state index contributed by atoms with van der Waals surface area (Å²) in [6, 6.07) is 3.67. The van der Waals surface area contributed by atoms with E-state index < -0.39 is 0 Å². The molecule has 0 spiro atoms. The zero-order valence-corrected chi connectivity index (χ0v) is 10.0. The van der Waals surface area contributed by atoms with Crippen LogP contribution >= 0.6 is 15.9 Å². The van der Waals surface area contributed by atoms with Crippen LogP contribution in [-0.2, 0) is 0 Å². The van der Waals surface area contributed by atoms with Crippen molar-refractivity contribution in [1.82, 2.24) is 19.8 Å². The summed E-state index contributed by atoms with van der Waals surface area (Å²) >= 11 is 3.50. The zero-order chi connectivity index (χ0) is 11.0. The molecule has 6 heteroatoms. The fraction of sp³-hybridized carbons (Fsp3) is 0.444. The maximum absolute atomic E-state index is 11.3. The number of hydrogen-bond acceptors (Lipinski definition) is 3. The van der Waals surface area contributed by atoms with E-state index in [2.05, 4.69) is 45.1 Å². The molecule has 2 aromatic rings. The first-order valence-corrected chi connectivity index (χ1v) is 5.59. The number of halogens is 1. The summed E-state index contributed by atoms with van der Waals surface area (Å²) in [6.07, 6.45) is 0. The molecular weight excluding hydrogens is 260 g/mol. The van der Waals surface area contributed by atoms with Crippen LogP contribution in [0.3, 0.4) is 0 Å². The highest BCUT2D eigenvalue weighted by Crippen LogP contribution is 2.21. The van der Waals surface area contributed by atoms with Crippen molar-refractivity contribution < 1.29 is 0 Å². The van der Waals surface area contributed by atoms with Crippen molar-refractivity contribution in [3.8, 4) is 0 Å². The summed E-state index contributed by atoms with van der Waals surface area (Å²) in [5.74, 6) is 0.246. The fourth-order valence-electron chi connectivity index (χ4n) is 1.30. The van der Waals surface area contributed by atoms with E-state index in [0.717, 1.165) is 5.69 Å². The summed E-state index contributed by atoms with van der Waals surface area (Å²) in [7, 11) is 0. The Kier molecular flexibility index (Phi) is 2.60. The largest absolute Gasteiger partial charge is 0.364 e. The van der Waals surface area contributed by atoms with Gasteiger partial charge in [-0.2, -0.15) is 14.7 Å². The Balaban J connectivity index is 2.55. The normalized spacial score (nSPS) is 15.4. The van der Waals surface area contributed by atoms with E-state index in [-0.39, 0.29) is 11.6 Å². The van der Waals surface area contributed by atoms with Crippen LogP contribution in [0.4, 0.5) is 0 Å². The van der Waals surface area contributed by atoms with Crippen molar-refractivity contribution in [1.29, 1.82) is 0 Å². The van der Waals surface area contributed by atoms with Gasteiger partial charge in [0.2, 0.25) is 0 Å². The number of fused-ring (bicyclic) bond motifs is 1. The molecule has 0 fully saturated rings. The molecule has 2 atom stereocenters. The topological polar surface area (TPSA) is 63.0 Å². The van der Waals surface area contributed by atoms with E-state index in [1.807, 2.05) is 6.07 Å². The first kappa shape index (κ1) is 10.4. The number of rotatable bonds is 2. The third-order valence-electron chi connectivity index (χ3n) is 2.45. The van der Waals surface area contributed by atoms with Gasteiger partial charge in [0.15, 0.2) is 5.65 Å². The standard InChI is InChI=1S/C9H11BrN4O/c1-5(6(2)10)7-3-4-8-11-12-9(15)14(8)13-7/h3-6H,1-2H3,(H,12,15). The maximum Gasteiger partial charge on any atom is 0.364 e. The minimum Gasteiger partial charge on any atom is -0.244 e. The molecule has 0 aliphatic heterocycles. The molecule has 0 saturated heterocycles. The van der Waals surface area contributed by atoms with Gasteiger partial charge >= 0.3 is 5.69 Å². The zero-order valence-electron chi connectivity index (χ0n) is 8.44. The quantitative estimate of drug-likeness (QED) is 0.837. The minimum absolute atomic E-state index is 0.246.